The van der Waals surface area contributed by atoms with E-state index in [0.717, 1.165) is 17.8 Å². The third kappa shape index (κ3) is 2.94. The van der Waals surface area contributed by atoms with Crippen LogP contribution < -0.4 is 0 Å². The summed E-state index contributed by atoms with van der Waals surface area (Å²) in [5.74, 6) is -5.35. The van der Waals surface area contributed by atoms with Crippen molar-refractivity contribution < 1.29 is 23.1 Å². The van der Waals surface area contributed by atoms with Gasteiger partial charge in [-0.15, -0.1) is 11.8 Å². The highest BCUT2D eigenvalue weighted by Crippen LogP contribution is 2.28. The summed E-state index contributed by atoms with van der Waals surface area (Å²) in [6.45, 7) is 1.35. The predicted molar refractivity (Wildman–Crippen MR) is 58.6 cm³/mol. The van der Waals surface area contributed by atoms with Gasteiger partial charge in [-0.05, 0) is 24.3 Å². The van der Waals surface area contributed by atoms with Crippen LogP contribution in [0.2, 0.25) is 0 Å². The van der Waals surface area contributed by atoms with Gasteiger partial charge in [0.05, 0.1) is 10.8 Å². The first-order chi connectivity index (χ1) is 7.88. The number of halogens is 3. The molecule has 2 nitrogen and oxygen atoms in total. The molecule has 1 unspecified atom stereocenters. The Labute approximate surface area is 101 Å². The van der Waals surface area contributed by atoms with Crippen LogP contribution in [0.5, 0.6) is 0 Å². The Hall–Kier alpha value is -1.17. The molecule has 0 saturated heterocycles. The fourth-order valence-electron chi connectivity index (χ4n) is 1.38. The van der Waals surface area contributed by atoms with Gasteiger partial charge in [-0.25, -0.2) is 13.2 Å². The first-order valence-electron chi connectivity index (χ1n) is 4.81. The Kier molecular flexibility index (Phi) is 4.45. The largest absolute Gasteiger partial charge is 0.481 e. The zero-order chi connectivity index (χ0) is 13.2. The minimum Gasteiger partial charge on any atom is -0.481 e. The Morgan fingerprint density at radius 1 is 1.41 bits per heavy atom. The molecule has 1 N–H and O–H groups in total. The maximum Gasteiger partial charge on any atom is 0.306 e. The van der Waals surface area contributed by atoms with E-state index in [2.05, 4.69) is 0 Å². The average molecular weight is 264 g/mol. The number of hydrogen-bond acceptors (Lipinski definition) is 2. The summed E-state index contributed by atoms with van der Waals surface area (Å²) in [6, 6.07) is 0.851. The van der Waals surface area contributed by atoms with Crippen LogP contribution in [0.4, 0.5) is 13.2 Å². The van der Waals surface area contributed by atoms with Gasteiger partial charge < -0.3 is 5.11 Å². The lowest BCUT2D eigenvalue weighted by Crippen LogP contribution is -2.14. The summed E-state index contributed by atoms with van der Waals surface area (Å²) < 4.78 is 40.3. The summed E-state index contributed by atoms with van der Waals surface area (Å²) in [4.78, 5) is 10.2. The normalized spacial score (nSPS) is 12.5. The molecule has 0 amide bonds. The van der Waals surface area contributed by atoms with Gasteiger partial charge in [0.15, 0.2) is 11.6 Å². The lowest BCUT2D eigenvalue weighted by Gasteiger charge is -2.10. The van der Waals surface area contributed by atoms with Crippen molar-refractivity contribution in [2.24, 2.45) is 5.92 Å². The van der Waals surface area contributed by atoms with Gasteiger partial charge in [-0.3, -0.25) is 4.79 Å². The summed E-state index contributed by atoms with van der Waals surface area (Å²) in [5, 5.41) is 8.66. The molecule has 0 aliphatic heterocycles. The fraction of sp³-hybridized carbons (Fsp3) is 0.364. The van der Waals surface area contributed by atoms with E-state index in [1.165, 1.54) is 13.2 Å². The van der Waals surface area contributed by atoms with Crippen LogP contribution in [0.3, 0.4) is 0 Å². The monoisotopic (exact) mass is 264 g/mol. The molecule has 94 valence electrons. The van der Waals surface area contributed by atoms with E-state index in [4.69, 9.17) is 5.11 Å². The van der Waals surface area contributed by atoms with Crippen molar-refractivity contribution in [3.8, 4) is 0 Å². The highest BCUT2D eigenvalue weighted by atomic mass is 32.2. The van der Waals surface area contributed by atoms with Gasteiger partial charge in [-0.1, -0.05) is 6.92 Å². The quantitative estimate of drug-likeness (QED) is 0.670. The molecule has 1 atom stereocenters. The predicted octanol–water partition coefficient (Wildman–Crippen LogP) is 3.09. The van der Waals surface area contributed by atoms with Crippen LogP contribution in [0.15, 0.2) is 11.0 Å². The molecule has 1 rings (SSSR count). The molecular formula is C11H11F3O2S. The minimum atomic E-state index is -1.26. The number of benzene rings is 1. The van der Waals surface area contributed by atoms with Gasteiger partial charge in [0.1, 0.15) is 5.82 Å². The number of aliphatic carboxylic acids is 1. The Morgan fingerprint density at radius 2 is 2.00 bits per heavy atom. The Bertz CT molecular complexity index is 449. The molecule has 1 aromatic rings. The zero-order valence-corrected chi connectivity index (χ0v) is 10.1. The van der Waals surface area contributed by atoms with Gasteiger partial charge in [-0.2, -0.15) is 0 Å². The van der Waals surface area contributed by atoms with Crippen LogP contribution in [0.1, 0.15) is 12.5 Å². The van der Waals surface area contributed by atoms with Gasteiger partial charge >= 0.3 is 5.97 Å². The Balaban J connectivity index is 3.15. The second-order valence-electron chi connectivity index (χ2n) is 3.62. The average Bonchev–Trinajstić information content (AvgIpc) is 2.26. The van der Waals surface area contributed by atoms with Crippen LogP contribution in [-0.2, 0) is 11.2 Å². The van der Waals surface area contributed by atoms with Crippen molar-refractivity contribution in [1.29, 1.82) is 0 Å². The molecule has 0 aromatic heterocycles. The van der Waals surface area contributed by atoms with Gasteiger partial charge in [0, 0.05) is 0 Å². The van der Waals surface area contributed by atoms with Crippen LogP contribution in [0, 0.1) is 23.4 Å². The van der Waals surface area contributed by atoms with E-state index in [1.54, 1.807) is 0 Å². The molecule has 17 heavy (non-hydrogen) atoms. The van der Waals surface area contributed by atoms with E-state index in [-0.39, 0.29) is 12.0 Å². The van der Waals surface area contributed by atoms with Crippen molar-refractivity contribution in [1.82, 2.24) is 0 Å². The number of carbonyl (C=O) groups is 1. The molecule has 6 heteroatoms. The maximum absolute atomic E-state index is 13.5. The summed E-state index contributed by atoms with van der Waals surface area (Å²) in [6.07, 6.45) is 1.18. The van der Waals surface area contributed by atoms with Crippen LogP contribution in [0.25, 0.3) is 0 Å². The van der Waals surface area contributed by atoms with Crippen molar-refractivity contribution in [3.05, 3.63) is 29.1 Å². The van der Waals surface area contributed by atoms with E-state index in [1.807, 2.05) is 0 Å². The summed E-state index contributed by atoms with van der Waals surface area (Å²) in [5.41, 5.74) is -0.257. The molecule has 0 aliphatic carbocycles. The van der Waals surface area contributed by atoms with E-state index in [0.29, 0.717) is 0 Å². The minimum absolute atomic E-state index is 0.246. The van der Waals surface area contributed by atoms with Crippen molar-refractivity contribution in [2.75, 3.05) is 6.26 Å². The Morgan fingerprint density at radius 3 is 2.47 bits per heavy atom. The molecule has 0 aliphatic rings. The third-order valence-electron chi connectivity index (χ3n) is 2.34. The molecule has 0 bridgehead atoms. The molecule has 0 fully saturated rings. The number of hydrogen-bond donors (Lipinski definition) is 1. The molecule has 0 radical (unpaired) electrons. The number of rotatable bonds is 4. The topological polar surface area (TPSA) is 37.3 Å². The fourth-order valence-corrected chi connectivity index (χ4v) is 1.90. The first kappa shape index (κ1) is 13.9. The number of carboxylic acids is 1. The van der Waals surface area contributed by atoms with Crippen molar-refractivity contribution in [2.45, 2.75) is 18.2 Å². The van der Waals surface area contributed by atoms with Gasteiger partial charge in [0.25, 0.3) is 0 Å². The SMILES string of the molecule is CSc1c(F)cc(CC(C)C(=O)O)c(F)c1F. The van der Waals surface area contributed by atoms with Crippen molar-refractivity contribution in [3.63, 3.8) is 0 Å². The maximum atomic E-state index is 13.5. The molecule has 0 heterocycles. The third-order valence-corrected chi connectivity index (χ3v) is 3.13. The van der Waals surface area contributed by atoms with E-state index >= 15 is 0 Å². The lowest BCUT2D eigenvalue weighted by molar-refractivity contribution is -0.141. The zero-order valence-electron chi connectivity index (χ0n) is 9.26. The summed E-state index contributed by atoms with van der Waals surface area (Å²) in [7, 11) is 0. The molecule has 0 spiro atoms. The second-order valence-corrected chi connectivity index (χ2v) is 4.44. The molecule has 1 aromatic carbocycles. The lowest BCUT2D eigenvalue weighted by atomic mass is 10.0. The first-order valence-corrected chi connectivity index (χ1v) is 6.04. The van der Waals surface area contributed by atoms with Crippen LogP contribution >= 0.6 is 11.8 Å². The van der Waals surface area contributed by atoms with Gasteiger partial charge in [0.2, 0.25) is 0 Å². The smallest absolute Gasteiger partial charge is 0.306 e. The second kappa shape index (κ2) is 5.44. The molecular weight excluding hydrogens is 253 g/mol. The highest BCUT2D eigenvalue weighted by Gasteiger charge is 2.21. The standard InChI is InChI=1S/C11H11F3O2S/c1-5(11(15)16)3-6-4-7(12)10(17-2)9(14)8(6)13/h4-5H,3H2,1-2H3,(H,15,16). The summed E-state index contributed by atoms with van der Waals surface area (Å²) >= 11 is 0.764. The van der Waals surface area contributed by atoms with Crippen LogP contribution in [-0.4, -0.2) is 17.3 Å². The highest BCUT2D eigenvalue weighted by molar-refractivity contribution is 7.98. The van der Waals surface area contributed by atoms with E-state index in [9.17, 15) is 18.0 Å². The molecule has 0 saturated carbocycles. The van der Waals surface area contributed by atoms with E-state index < -0.39 is 34.2 Å². The van der Waals surface area contributed by atoms with Crippen molar-refractivity contribution >= 4 is 17.7 Å². The number of carboxylic acid groups (broad SMARTS) is 1. The number of thioether (sulfide) groups is 1.